The average molecular weight is 360 g/mol. The van der Waals surface area contributed by atoms with Gasteiger partial charge in [-0.25, -0.2) is 0 Å². The molecule has 0 aromatic carbocycles. The van der Waals surface area contributed by atoms with Gasteiger partial charge in [-0.15, -0.1) is 0 Å². The van der Waals surface area contributed by atoms with Crippen LogP contribution in [-0.2, 0) is 9.59 Å². The number of hydrogen-bond acceptors (Lipinski definition) is 4. The van der Waals surface area contributed by atoms with Crippen molar-refractivity contribution in [1.29, 1.82) is 0 Å². The van der Waals surface area contributed by atoms with Gasteiger partial charge in [0.05, 0.1) is 0 Å². The zero-order chi connectivity index (χ0) is 18.9. The molecule has 0 aromatic rings. The summed E-state index contributed by atoms with van der Waals surface area (Å²) in [5.74, 6) is 1.59. The maximum atomic E-state index is 12.4. The molecule has 3 fully saturated rings. The first-order valence-electron chi connectivity index (χ1n) is 10.3. The van der Waals surface area contributed by atoms with Crippen molar-refractivity contribution in [2.45, 2.75) is 71.3 Å². The lowest BCUT2D eigenvalue weighted by Crippen LogP contribution is -2.58. The van der Waals surface area contributed by atoms with Crippen molar-refractivity contribution in [3.05, 3.63) is 11.6 Å². The van der Waals surface area contributed by atoms with E-state index in [9.17, 15) is 19.8 Å². The second-order valence-electron chi connectivity index (χ2n) is 9.93. The first-order valence-corrected chi connectivity index (χ1v) is 10.3. The number of allylic oxidation sites excluding steroid dienone is 1. The van der Waals surface area contributed by atoms with Gasteiger partial charge in [-0.3, -0.25) is 9.59 Å². The third-order valence-electron chi connectivity index (χ3n) is 9.04. The second kappa shape index (κ2) is 5.75. The fraction of sp³-hybridized carbons (Fsp3) is 0.818. The highest BCUT2D eigenvalue weighted by molar-refractivity contribution is 5.92. The molecular weight excluding hydrogens is 328 g/mol. The molecule has 0 heterocycles. The lowest BCUT2D eigenvalue weighted by Gasteiger charge is -2.60. The third kappa shape index (κ3) is 2.15. The Labute approximate surface area is 156 Å². The van der Waals surface area contributed by atoms with Gasteiger partial charge in [-0.05, 0) is 73.7 Å². The van der Waals surface area contributed by atoms with Crippen LogP contribution in [0.2, 0.25) is 0 Å². The summed E-state index contributed by atoms with van der Waals surface area (Å²) in [5.41, 5.74) is -0.381. The van der Waals surface area contributed by atoms with Gasteiger partial charge in [0.15, 0.2) is 11.6 Å². The number of rotatable bonds is 2. The smallest absolute Gasteiger partial charge is 0.190 e. The van der Waals surface area contributed by atoms with Crippen LogP contribution in [0, 0.1) is 34.5 Å². The van der Waals surface area contributed by atoms with Crippen LogP contribution in [0.25, 0.3) is 0 Å². The minimum absolute atomic E-state index is 0.0826. The molecule has 0 saturated heterocycles. The number of carbonyl (C=O) groups is 2. The van der Waals surface area contributed by atoms with Crippen LogP contribution >= 0.6 is 0 Å². The van der Waals surface area contributed by atoms with E-state index in [-0.39, 0.29) is 11.2 Å². The Morgan fingerprint density at radius 2 is 1.88 bits per heavy atom. The minimum atomic E-state index is -1.37. The summed E-state index contributed by atoms with van der Waals surface area (Å²) < 4.78 is 0. The Kier molecular flexibility index (Phi) is 4.06. The molecule has 4 aliphatic carbocycles. The van der Waals surface area contributed by atoms with E-state index in [2.05, 4.69) is 20.8 Å². The minimum Gasteiger partial charge on any atom is -0.388 e. The monoisotopic (exact) mass is 360 g/mol. The van der Waals surface area contributed by atoms with Crippen molar-refractivity contribution in [2.75, 3.05) is 6.61 Å². The van der Waals surface area contributed by atoms with Gasteiger partial charge >= 0.3 is 0 Å². The van der Waals surface area contributed by atoms with Gasteiger partial charge in [0.25, 0.3) is 0 Å². The van der Waals surface area contributed by atoms with Gasteiger partial charge in [-0.2, -0.15) is 0 Å². The largest absolute Gasteiger partial charge is 0.388 e. The molecule has 2 N–H and O–H groups in total. The fourth-order valence-electron chi connectivity index (χ4n) is 7.59. The van der Waals surface area contributed by atoms with E-state index in [1.807, 2.05) is 6.08 Å². The maximum absolute atomic E-state index is 12.4. The number of ketones is 2. The highest BCUT2D eigenvalue weighted by Gasteiger charge is 2.66. The molecule has 4 rings (SSSR count). The van der Waals surface area contributed by atoms with Crippen LogP contribution in [0.4, 0.5) is 0 Å². The van der Waals surface area contributed by atoms with Crippen molar-refractivity contribution >= 4 is 11.6 Å². The van der Waals surface area contributed by atoms with Crippen molar-refractivity contribution in [2.24, 2.45) is 34.5 Å². The molecular formula is C22H32O4. The SMILES string of the molecule is C[C@H]1C[C@H]2[C@@H]3CC[C@](O)(C(=O)CO)C3(C)CC[C@@H]2[C@@]2(C)CCC(=O)C=C12. The van der Waals surface area contributed by atoms with Crippen LogP contribution in [0.15, 0.2) is 11.6 Å². The summed E-state index contributed by atoms with van der Waals surface area (Å²) in [6.45, 7) is 6.10. The molecule has 0 amide bonds. The third-order valence-corrected chi connectivity index (χ3v) is 9.04. The van der Waals surface area contributed by atoms with Crippen molar-refractivity contribution in [3.63, 3.8) is 0 Å². The molecule has 4 nitrogen and oxygen atoms in total. The number of Topliss-reactive ketones (excluding diaryl/α,β-unsaturated/α-hetero) is 1. The molecule has 0 aromatic heterocycles. The van der Waals surface area contributed by atoms with Crippen molar-refractivity contribution < 1.29 is 19.8 Å². The average Bonchev–Trinajstić information content (AvgIpc) is 2.88. The van der Waals surface area contributed by atoms with E-state index in [1.165, 1.54) is 5.57 Å². The lowest BCUT2D eigenvalue weighted by molar-refractivity contribution is -0.165. The van der Waals surface area contributed by atoms with Crippen LogP contribution in [0.1, 0.15) is 65.7 Å². The van der Waals surface area contributed by atoms with Gasteiger partial charge < -0.3 is 10.2 Å². The standard InChI is InChI=1S/C22H32O4/c1-13-10-15-16(20(2)7-4-14(24)11-18(13)20)5-8-21(3)17(15)6-9-22(21,26)19(25)12-23/h11,13,15-17,23,26H,4-10,12H2,1-3H3/t13-,15+,16-,17-,20+,21?,22-/m0/s1. The summed E-state index contributed by atoms with van der Waals surface area (Å²) in [4.78, 5) is 24.4. The molecule has 3 saturated carbocycles. The van der Waals surface area contributed by atoms with Crippen LogP contribution in [-0.4, -0.2) is 34.0 Å². The highest BCUT2D eigenvalue weighted by Crippen LogP contribution is 2.68. The van der Waals surface area contributed by atoms with Crippen molar-refractivity contribution in [3.8, 4) is 0 Å². The topological polar surface area (TPSA) is 74.6 Å². The zero-order valence-electron chi connectivity index (χ0n) is 16.3. The van der Waals surface area contributed by atoms with Gasteiger partial charge in [0.1, 0.15) is 12.2 Å². The van der Waals surface area contributed by atoms with E-state index < -0.39 is 23.4 Å². The normalized spacial score (nSPS) is 50.5. The Bertz CT molecular complexity index is 682. The van der Waals surface area contributed by atoms with Gasteiger partial charge in [0.2, 0.25) is 0 Å². The Morgan fingerprint density at radius 1 is 1.19 bits per heavy atom. The van der Waals surface area contributed by atoms with E-state index in [0.29, 0.717) is 36.5 Å². The first kappa shape index (κ1) is 18.4. The molecule has 26 heavy (non-hydrogen) atoms. The molecule has 0 bridgehead atoms. The van der Waals surface area contributed by atoms with E-state index in [1.54, 1.807) is 0 Å². The predicted octanol–water partition coefficient (Wildman–Crippen LogP) is 3.06. The summed E-state index contributed by atoms with van der Waals surface area (Å²) in [7, 11) is 0. The van der Waals surface area contributed by atoms with Crippen LogP contribution in [0.5, 0.6) is 0 Å². The number of carbonyl (C=O) groups excluding carboxylic acids is 2. The van der Waals surface area contributed by atoms with Gasteiger partial charge in [0, 0.05) is 11.8 Å². The number of hydrogen-bond donors (Lipinski definition) is 2. The molecule has 144 valence electrons. The van der Waals surface area contributed by atoms with Crippen LogP contribution < -0.4 is 0 Å². The summed E-state index contributed by atoms with van der Waals surface area (Å²) in [5, 5.41) is 20.6. The number of aliphatic hydroxyl groups is 2. The number of aliphatic hydroxyl groups excluding tert-OH is 1. The lowest BCUT2D eigenvalue weighted by atomic mass is 9.44. The molecule has 0 radical (unpaired) electrons. The van der Waals surface area contributed by atoms with E-state index >= 15 is 0 Å². The Morgan fingerprint density at radius 3 is 2.58 bits per heavy atom. The summed E-state index contributed by atoms with van der Waals surface area (Å²) >= 11 is 0. The highest BCUT2D eigenvalue weighted by atomic mass is 16.3. The number of fused-ring (bicyclic) bond motifs is 5. The molecule has 4 heteroatoms. The molecule has 7 atom stereocenters. The maximum Gasteiger partial charge on any atom is 0.190 e. The summed E-state index contributed by atoms with van der Waals surface area (Å²) in [6.07, 6.45) is 7.71. The van der Waals surface area contributed by atoms with E-state index in [0.717, 1.165) is 32.1 Å². The quantitative estimate of drug-likeness (QED) is 0.794. The van der Waals surface area contributed by atoms with Crippen molar-refractivity contribution in [1.82, 2.24) is 0 Å². The Balaban J connectivity index is 1.72. The fourth-order valence-corrected chi connectivity index (χ4v) is 7.59. The van der Waals surface area contributed by atoms with Crippen LogP contribution in [0.3, 0.4) is 0 Å². The summed E-state index contributed by atoms with van der Waals surface area (Å²) in [6, 6.07) is 0. The molecule has 1 unspecified atom stereocenters. The predicted molar refractivity (Wildman–Crippen MR) is 98.3 cm³/mol. The van der Waals surface area contributed by atoms with E-state index in [4.69, 9.17) is 0 Å². The molecule has 4 aliphatic rings. The second-order valence-corrected chi connectivity index (χ2v) is 9.93. The molecule has 0 spiro atoms. The molecule has 0 aliphatic heterocycles. The zero-order valence-corrected chi connectivity index (χ0v) is 16.3. The first-order chi connectivity index (χ1) is 12.2. The Hall–Kier alpha value is -1.00. The van der Waals surface area contributed by atoms with Gasteiger partial charge in [-0.1, -0.05) is 26.3 Å².